The molecule has 22 heavy (non-hydrogen) atoms. The van der Waals surface area contributed by atoms with Crippen LogP contribution in [0.15, 0.2) is 41.2 Å². The third-order valence-electron chi connectivity index (χ3n) is 2.98. The average Bonchev–Trinajstić information content (AvgIpc) is 3.27. The van der Waals surface area contributed by atoms with Crippen LogP contribution in [0.3, 0.4) is 0 Å². The monoisotopic (exact) mass is 312 g/mol. The molecule has 0 aliphatic heterocycles. The van der Waals surface area contributed by atoms with Crippen molar-refractivity contribution in [1.82, 2.24) is 25.6 Å². The highest BCUT2D eigenvalue weighted by molar-refractivity contribution is 7.18. The number of rotatable bonds is 3. The van der Waals surface area contributed by atoms with Crippen LogP contribution in [0.2, 0.25) is 0 Å². The summed E-state index contributed by atoms with van der Waals surface area (Å²) in [5.74, 6) is -0.265. The Morgan fingerprint density at radius 3 is 3.05 bits per heavy atom. The summed E-state index contributed by atoms with van der Waals surface area (Å²) in [7, 11) is 0. The molecule has 0 aliphatic carbocycles. The third-order valence-corrected chi connectivity index (χ3v) is 3.87. The van der Waals surface area contributed by atoms with Crippen molar-refractivity contribution in [1.29, 1.82) is 0 Å². The predicted molar refractivity (Wildman–Crippen MR) is 79.5 cm³/mol. The molecule has 4 rings (SSSR count). The van der Waals surface area contributed by atoms with E-state index in [1.807, 2.05) is 12.1 Å². The van der Waals surface area contributed by atoms with E-state index in [4.69, 9.17) is 4.52 Å². The third kappa shape index (κ3) is 2.13. The molecule has 108 valence electrons. The first kappa shape index (κ1) is 12.7. The fourth-order valence-electron chi connectivity index (χ4n) is 1.97. The normalized spacial score (nSPS) is 10.9. The summed E-state index contributed by atoms with van der Waals surface area (Å²) in [5, 5.41) is 22.7. The Morgan fingerprint density at radius 1 is 1.27 bits per heavy atom. The van der Waals surface area contributed by atoms with Gasteiger partial charge in [0.25, 0.3) is 5.91 Å². The zero-order valence-electron chi connectivity index (χ0n) is 11.0. The average molecular weight is 312 g/mol. The standard InChI is InChI=1S/C13H8N6O2S/c20-11(10-8-3-1-2-4-9(8)19-21-10)16-13-18-17-12(22-13)7-5-14-15-6-7/h1-6H,(H,14,15)(H,16,18,20). The molecule has 0 saturated heterocycles. The summed E-state index contributed by atoms with van der Waals surface area (Å²) in [4.78, 5) is 12.3. The summed E-state index contributed by atoms with van der Waals surface area (Å²) >= 11 is 1.25. The molecule has 1 amide bonds. The van der Waals surface area contributed by atoms with Gasteiger partial charge in [-0.25, -0.2) is 0 Å². The minimum atomic E-state index is -0.413. The summed E-state index contributed by atoms with van der Waals surface area (Å²) in [6, 6.07) is 7.20. The number of aromatic nitrogens is 5. The number of benzene rings is 1. The second-order valence-corrected chi connectivity index (χ2v) is 5.36. The van der Waals surface area contributed by atoms with E-state index in [-0.39, 0.29) is 5.76 Å². The lowest BCUT2D eigenvalue weighted by Crippen LogP contribution is -2.11. The van der Waals surface area contributed by atoms with Gasteiger partial charge in [0.2, 0.25) is 10.9 Å². The smallest absolute Gasteiger partial charge is 0.296 e. The molecule has 4 aromatic rings. The molecule has 8 nitrogen and oxygen atoms in total. The molecule has 3 aromatic heterocycles. The van der Waals surface area contributed by atoms with Crippen LogP contribution < -0.4 is 5.32 Å². The van der Waals surface area contributed by atoms with Crippen LogP contribution in [0.25, 0.3) is 21.5 Å². The van der Waals surface area contributed by atoms with Crippen molar-refractivity contribution in [2.75, 3.05) is 5.32 Å². The van der Waals surface area contributed by atoms with Gasteiger partial charge in [0.05, 0.1) is 17.1 Å². The van der Waals surface area contributed by atoms with Crippen LogP contribution >= 0.6 is 11.3 Å². The molecular formula is C13H8N6O2S. The van der Waals surface area contributed by atoms with Crippen LogP contribution in [0.1, 0.15) is 10.6 Å². The molecular weight excluding hydrogens is 304 g/mol. The summed E-state index contributed by atoms with van der Waals surface area (Å²) in [5.41, 5.74) is 1.44. The van der Waals surface area contributed by atoms with E-state index in [2.05, 4.69) is 30.9 Å². The van der Waals surface area contributed by atoms with Crippen molar-refractivity contribution in [2.24, 2.45) is 0 Å². The lowest BCUT2D eigenvalue weighted by molar-refractivity contribution is 0.0990. The molecule has 0 bridgehead atoms. The first-order valence-corrected chi connectivity index (χ1v) is 7.11. The van der Waals surface area contributed by atoms with Gasteiger partial charge >= 0.3 is 0 Å². The van der Waals surface area contributed by atoms with Crippen molar-refractivity contribution < 1.29 is 9.32 Å². The molecule has 0 atom stereocenters. The number of carbonyl (C=O) groups is 1. The van der Waals surface area contributed by atoms with E-state index in [0.29, 0.717) is 21.0 Å². The second kappa shape index (κ2) is 5.04. The molecule has 9 heteroatoms. The highest BCUT2D eigenvalue weighted by Crippen LogP contribution is 2.26. The van der Waals surface area contributed by atoms with E-state index in [9.17, 15) is 4.79 Å². The Kier molecular flexibility index (Phi) is 2.90. The van der Waals surface area contributed by atoms with Crippen molar-refractivity contribution in [3.8, 4) is 10.6 Å². The van der Waals surface area contributed by atoms with Crippen LogP contribution in [-0.2, 0) is 0 Å². The molecule has 3 heterocycles. The first-order valence-electron chi connectivity index (χ1n) is 6.30. The topological polar surface area (TPSA) is 110 Å². The fourth-order valence-corrected chi connectivity index (χ4v) is 2.68. The van der Waals surface area contributed by atoms with Gasteiger partial charge in [-0.05, 0) is 12.1 Å². The van der Waals surface area contributed by atoms with Gasteiger partial charge in [0.1, 0.15) is 5.52 Å². The van der Waals surface area contributed by atoms with Crippen molar-refractivity contribution in [3.05, 3.63) is 42.4 Å². The van der Waals surface area contributed by atoms with Crippen molar-refractivity contribution in [2.45, 2.75) is 0 Å². The van der Waals surface area contributed by atoms with Crippen LogP contribution in [0, 0.1) is 0 Å². The fraction of sp³-hybridized carbons (Fsp3) is 0. The zero-order valence-corrected chi connectivity index (χ0v) is 11.8. The number of H-pyrrole nitrogens is 1. The van der Waals surface area contributed by atoms with Crippen LogP contribution in [-0.4, -0.2) is 31.5 Å². The van der Waals surface area contributed by atoms with E-state index in [1.165, 1.54) is 11.3 Å². The van der Waals surface area contributed by atoms with Gasteiger partial charge in [0, 0.05) is 6.20 Å². The summed E-state index contributed by atoms with van der Waals surface area (Å²) < 4.78 is 5.11. The number of anilines is 1. The van der Waals surface area contributed by atoms with E-state index < -0.39 is 5.91 Å². The lowest BCUT2D eigenvalue weighted by Gasteiger charge is -1.96. The molecule has 0 saturated carbocycles. The Balaban J connectivity index is 1.60. The molecule has 0 fully saturated rings. The maximum Gasteiger partial charge on any atom is 0.296 e. The largest absolute Gasteiger partial charge is 0.350 e. The highest BCUT2D eigenvalue weighted by atomic mass is 32.1. The van der Waals surface area contributed by atoms with E-state index in [1.54, 1.807) is 24.5 Å². The predicted octanol–water partition coefficient (Wildman–Crippen LogP) is 2.32. The Hall–Kier alpha value is -3.07. The Bertz CT molecular complexity index is 942. The quantitative estimate of drug-likeness (QED) is 0.601. The van der Waals surface area contributed by atoms with Crippen molar-refractivity contribution >= 4 is 33.3 Å². The molecule has 0 unspecified atom stereocenters. The number of amides is 1. The number of carbonyl (C=O) groups excluding carboxylic acids is 1. The molecule has 0 aliphatic rings. The number of hydrogen-bond acceptors (Lipinski definition) is 7. The van der Waals surface area contributed by atoms with Gasteiger partial charge in [0.15, 0.2) is 5.01 Å². The lowest BCUT2D eigenvalue weighted by atomic mass is 10.2. The highest BCUT2D eigenvalue weighted by Gasteiger charge is 2.18. The minimum Gasteiger partial charge on any atom is -0.350 e. The molecule has 0 spiro atoms. The maximum absolute atomic E-state index is 12.3. The SMILES string of the molecule is O=C(Nc1nnc(-c2cn[nH]c2)s1)c1onc2ccccc12. The Morgan fingerprint density at radius 2 is 2.18 bits per heavy atom. The van der Waals surface area contributed by atoms with Crippen LogP contribution in [0.4, 0.5) is 5.13 Å². The summed E-state index contributed by atoms with van der Waals surface area (Å²) in [6.45, 7) is 0. The first-order chi connectivity index (χ1) is 10.8. The summed E-state index contributed by atoms with van der Waals surface area (Å²) in [6.07, 6.45) is 3.34. The Labute approximate surface area is 127 Å². The zero-order chi connectivity index (χ0) is 14.9. The maximum atomic E-state index is 12.3. The van der Waals surface area contributed by atoms with Gasteiger partial charge in [-0.2, -0.15) is 5.10 Å². The number of aromatic amines is 1. The molecule has 0 radical (unpaired) electrons. The van der Waals surface area contributed by atoms with Gasteiger partial charge in [-0.1, -0.05) is 28.6 Å². The second-order valence-electron chi connectivity index (χ2n) is 4.38. The number of nitrogens with one attached hydrogen (secondary N) is 2. The minimum absolute atomic E-state index is 0.149. The molecule has 2 N–H and O–H groups in total. The molecule has 1 aromatic carbocycles. The van der Waals surface area contributed by atoms with Gasteiger partial charge in [-0.3, -0.25) is 15.2 Å². The van der Waals surface area contributed by atoms with E-state index in [0.717, 1.165) is 5.56 Å². The number of nitrogens with zero attached hydrogens (tertiary/aromatic N) is 4. The number of fused-ring (bicyclic) bond motifs is 1. The van der Waals surface area contributed by atoms with Gasteiger partial charge in [-0.15, -0.1) is 10.2 Å². The number of hydrogen-bond donors (Lipinski definition) is 2. The van der Waals surface area contributed by atoms with Gasteiger partial charge < -0.3 is 4.52 Å². The van der Waals surface area contributed by atoms with Crippen LogP contribution in [0.5, 0.6) is 0 Å². The van der Waals surface area contributed by atoms with Crippen molar-refractivity contribution in [3.63, 3.8) is 0 Å². The van der Waals surface area contributed by atoms with E-state index >= 15 is 0 Å².